The van der Waals surface area contributed by atoms with Crippen molar-refractivity contribution in [2.75, 3.05) is 18.5 Å². The summed E-state index contributed by atoms with van der Waals surface area (Å²) in [7, 11) is 0. The van der Waals surface area contributed by atoms with Crippen LogP contribution >= 0.6 is 0 Å². The van der Waals surface area contributed by atoms with Crippen LogP contribution in [0.2, 0.25) is 0 Å². The fourth-order valence-electron chi connectivity index (χ4n) is 2.29. The van der Waals surface area contributed by atoms with Gasteiger partial charge < -0.3 is 20.3 Å². The Hall–Kier alpha value is -1.84. The monoisotopic (exact) mass is 284 g/mol. The van der Waals surface area contributed by atoms with Crippen LogP contribution in [-0.4, -0.2) is 63.4 Å². The molecule has 0 spiro atoms. The molecule has 1 aromatic rings. The summed E-state index contributed by atoms with van der Waals surface area (Å²) >= 11 is 0. The van der Waals surface area contributed by atoms with Gasteiger partial charge in [0.05, 0.1) is 19.3 Å². The SMILES string of the molecule is O=C1CN=CNc2c1ncn2[C@@H]1O[C@H](CO)[C@@H](O)[C@@H]1F. The molecule has 1 fully saturated rings. The lowest BCUT2D eigenvalue weighted by atomic mass is 10.1. The van der Waals surface area contributed by atoms with E-state index in [4.69, 9.17) is 9.84 Å². The summed E-state index contributed by atoms with van der Waals surface area (Å²) in [6, 6.07) is 0. The first-order valence-corrected chi connectivity index (χ1v) is 6.06. The smallest absolute Gasteiger partial charge is 0.206 e. The number of ketones is 1. The molecule has 8 nitrogen and oxygen atoms in total. The first kappa shape index (κ1) is 13.2. The van der Waals surface area contributed by atoms with Crippen LogP contribution in [-0.2, 0) is 4.74 Å². The molecule has 9 heteroatoms. The normalized spacial score (nSPS) is 32.9. The number of aliphatic imine (C=N–C) groups is 1. The van der Waals surface area contributed by atoms with Crippen LogP contribution in [0.1, 0.15) is 16.7 Å². The summed E-state index contributed by atoms with van der Waals surface area (Å²) in [5.74, 6) is -0.0395. The minimum atomic E-state index is -1.73. The number of rotatable bonds is 2. The molecule has 20 heavy (non-hydrogen) atoms. The Morgan fingerprint density at radius 1 is 1.60 bits per heavy atom. The third-order valence-electron chi connectivity index (χ3n) is 3.33. The topological polar surface area (TPSA) is 109 Å². The molecule has 4 atom stereocenters. The lowest BCUT2D eigenvalue weighted by Crippen LogP contribution is -2.30. The van der Waals surface area contributed by atoms with Crippen molar-refractivity contribution in [3.8, 4) is 0 Å². The summed E-state index contributed by atoms with van der Waals surface area (Å²) < 4.78 is 20.6. The van der Waals surface area contributed by atoms with Gasteiger partial charge in [-0.25, -0.2) is 9.37 Å². The van der Waals surface area contributed by atoms with Crippen molar-refractivity contribution in [1.29, 1.82) is 0 Å². The largest absolute Gasteiger partial charge is 0.394 e. The Balaban J connectivity index is 1.96. The van der Waals surface area contributed by atoms with Crippen LogP contribution in [0.4, 0.5) is 10.2 Å². The van der Waals surface area contributed by atoms with Gasteiger partial charge in [0.15, 0.2) is 18.1 Å². The standard InChI is InChI=1S/C11H13FN4O4/c12-7-9(19)6(2-17)20-11(7)16-4-15-8-5(18)1-13-3-14-10(8)16/h3-4,6-7,9,11,17,19H,1-2H2,(H,13,14)/t6-,7+,9-,11-/m1/s1. The third kappa shape index (κ3) is 1.90. The Kier molecular flexibility index (Phi) is 3.24. The number of ether oxygens (including phenoxy) is 1. The van der Waals surface area contributed by atoms with Crippen molar-refractivity contribution in [2.45, 2.75) is 24.6 Å². The Bertz CT molecular complexity index is 561. The molecule has 1 saturated heterocycles. The first-order chi connectivity index (χ1) is 9.63. The van der Waals surface area contributed by atoms with Gasteiger partial charge in [-0.2, -0.15) is 0 Å². The van der Waals surface area contributed by atoms with E-state index in [1.54, 1.807) is 0 Å². The summed E-state index contributed by atoms with van der Waals surface area (Å²) in [5, 5.41) is 21.4. The highest BCUT2D eigenvalue weighted by atomic mass is 19.1. The molecule has 0 radical (unpaired) electrons. The zero-order valence-corrected chi connectivity index (χ0v) is 10.3. The van der Waals surface area contributed by atoms with Crippen LogP contribution in [0.3, 0.4) is 0 Å². The van der Waals surface area contributed by atoms with Gasteiger partial charge in [-0.05, 0) is 0 Å². The summed E-state index contributed by atoms with van der Waals surface area (Å²) in [6.07, 6.45) is -2.75. The summed E-state index contributed by atoms with van der Waals surface area (Å²) in [4.78, 5) is 19.5. The van der Waals surface area contributed by atoms with Crippen LogP contribution in [0.25, 0.3) is 0 Å². The van der Waals surface area contributed by atoms with Gasteiger partial charge >= 0.3 is 0 Å². The molecule has 108 valence electrons. The number of carbonyl (C=O) groups excluding carboxylic acids is 1. The molecule has 0 unspecified atom stereocenters. The van der Waals surface area contributed by atoms with Gasteiger partial charge in [-0.3, -0.25) is 14.4 Å². The second kappa shape index (κ2) is 4.93. The lowest BCUT2D eigenvalue weighted by molar-refractivity contribution is -0.0465. The highest BCUT2D eigenvalue weighted by Gasteiger charge is 2.45. The number of hydrogen-bond acceptors (Lipinski definition) is 7. The number of nitrogens with one attached hydrogen (secondary N) is 1. The maximum atomic E-state index is 14.1. The molecule has 3 N–H and O–H groups in total. The second-order valence-electron chi connectivity index (χ2n) is 4.57. The van der Waals surface area contributed by atoms with E-state index in [1.807, 2.05) is 0 Å². The fourth-order valence-corrected chi connectivity index (χ4v) is 2.29. The number of carbonyl (C=O) groups is 1. The third-order valence-corrected chi connectivity index (χ3v) is 3.33. The van der Waals surface area contributed by atoms with E-state index < -0.39 is 31.2 Å². The molecule has 1 aromatic heterocycles. The number of hydrogen-bond donors (Lipinski definition) is 3. The Morgan fingerprint density at radius 3 is 3.10 bits per heavy atom. The molecular formula is C11H13FN4O4. The van der Waals surface area contributed by atoms with Gasteiger partial charge in [0.1, 0.15) is 24.6 Å². The van der Waals surface area contributed by atoms with Crippen molar-refractivity contribution < 1.29 is 24.1 Å². The maximum absolute atomic E-state index is 14.1. The maximum Gasteiger partial charge on any atom is 0.206 e. The first-order valence-electron chi connectivity index (χ1n) is 6.06. The Morgan fingerprint density at radius 2 is 2.40 bits per heavy atom. The van der Waals surface area contributed by atoms with E-state index in [-0.39, 0.29) is 23.8 Å². The van der Waals surface area contributed by atoms with Gasteiger partial charge in [-0.1, -0.05) is 0 Å². The molecule has 3 rings (SSSR count). The molecule has 0 bridgehead atoms. The minimum Gasteiger partial charge on any atom is -0.394 e. The highest BCUT2D eigenvalue weighted by molar-refractivity contribution is 6.04. The predicted molar refractivity (Wildman–Crippen MR) is 65.4 cm³/mol. The van der Waals surface area contributed by atoms with Gasteiger partial charge in [0.25, 0.3) is 0 Å². The molecule has 0 aromatic carbocycles. The minimum absolute atomic E-state index is 0.0382. The van der Waals surface area contributed by atoms with Crippen molar-refractivity contribution in [2.24, 2.45) is 4.99 Å². The van der Waals surface area contributed by atoms with Gasteiger partial charge in [0.2, 0.25) is 5.78 Å². The number of aliphatic hydroxyl groups excluding tert-OH is 2. The average Bonchev–Trinajstić information content (AvgIpc) is 2.92. The van der Waals surface area contributed by atoms with E-state index >= 15 is 0 Å². The number of aromatic nitrogens is 2. The zero-order chi connectivity index (χ0) is 14.3. The van der Waals surface area contributed by atoms with Crippen LogP contribution in [0, 0.1) is 0 Å². The number of fused-ring (bicyclic) bond motifs is 1. The van der Waals surface area contributed by atoms with Crippen LogP contribution in [0.15, 0.2) is 11.3 Å². The summed E-state index contributed by atoms with van der Waals surface area (Å²) in [6.45, 7) is -0.535. The molecule has 2 aliphatic rings. The zero-order valence-electron chi connectivity index (χ0n) is 10.3. The molecule has 0 aliphatic carbocycles. The highest BCUT2D eigenvalue weighted by Crippen LogP contribution is 2.34. The predicted octanol–water partition coefficient (Wildman–Crippen LogP) is -0.892. The molecule has 2 aliphatic heterocycles. The van der Waals surface area contributed by atoms with Gasteiger partial charge in [-0.15, -0.1) is 0 Å². The van der Waals surface area contributed by atoms with Crippen molar-refractivity contribution in [3.63, 3.8) is 0 Å². The quantitative estimate of drug-likeness (QED) is 0.650. The van der Waals surface area contributed by atoms with Crippen LogP contribution < -0.4 is 5.32 Å². The van der Waals surface area contributed by atoms with E-state index in [0.717, 1.165) is 0 Å². The number of anilines is 1. The fraction of sp³-hybridized carbons (Fsp3) is 0.545. The summed E-state index contributed by atoms with van der Waals surface area (Å²) in [5.41, 5.74) is 0.139. The van der Waals surface area contributed by atoms with Crippen LogP contribution in [0.5, 0.6) is 0 Å². The number of alkyl halides is 1. The Labute approximate surface area is 112 Å². The van der Waals surface area contributed by atoms with Crippen molar-refractivity contribution >= 4 is 17.9 Å². The van der Waals surface area contributed by atoms with E-state index in [1.165, 1.54) is 17.2 Å². The molecular weight excluding hydrogens is 271 g/mol. The van der Waals surface area contributed by atoms with E-state index in [9.17, 15) is 14.3 Å². The van der Waals surface area contributed by atoms with Crippen molar-refractivity contribution in [3.05, 3.63) is 12.0 Å². The molecule has 3 heterocycles. The average molecular weight is 284 g/mol. The number of nitrogens with zero attached hydrogens (tertiary/aromatic N) is 3. The number of imidazole rings is 1. The van der Waals surface area contributed by atoms with E-state index in [2.05, 4.69) is 15.3 Å². The molecule has 0 saturated carbocycles. The number of Topliss-reactive ketones (excluding diaryl/α,β-unsaturated/α-hetero) is 1. The van der Waals surface area contributed by atoms with E-state index in [0.29, 0.717) is 0 Å². The van der Waals surface area contributed by atoms with Gasteiger partial charge in [0, 0.05) is 0 Å². The lowest BCUT2D eigenvalue weighted by Gasteiger charge is -2.17. The number of aliphatic hydroxyl groups is 2. The van der Waals surface area contributed by atoms with Crippen molar-refractivity contribution in [1.82, 2.24) is 9.55 Å². The number of halogens is 1. The second-order valence-corrected chi connectivity index (χ2v) is 4.57. The molecule has 0 amide bonds.